The van der Waals surface area contributed by atoms with Gasteiger partial charge in [-0.25, -0.2) is 4.68 Å². The largest absolute Gasteiger partial charge is 0.416 e. The summed E-state index contributed by atoms with van der Waals surface area (Å²) in [5.74, 6) is -0.218. The number of hydrogen-bond donors (Lipinski definition) is 0. The first-order chi connectivity index (χ1) is 13.8. The molecule has 1 aromatic carbocycles. The summed E-state index contributed by atoms with van der Waals surface area (Å²) in [6.07, 6.45) is -3.59. The Labute approximate surface area is 166 Å². The first-order valence-electron chi connectivity index (χ1n) is 9.54. The minimum atomic E-state index is -4.34. The van der Waals surface area contributed by atoms with E-state index < -0.39 is 11.7 Å². The lowest BCUT2D eigenvalue weighted by Crippen LogP contribution is -2.48. The highest BCUT2D eigenvalue weighted by atomic mass is 19.4. The topological polar surface area (TPSA) is 58.4 Å². The van der Waals surface area contributed by atoms with Gasteiger partial charge >= 0.3 is 6.18 Å². The van der Waals surface area contributed by atoms with Crippen molar-refractivity contribution in [2.24, 2.45) is 0 Å². The average molecular weight is 408 g/mol. The number of hydrogen-bond acceptors (Lipinski definition) is 4. The molecule has 1 aromatic heterocycles. The smallest absolute Gasteiger partial charge is 0.335 e. The summed E-state index contributed by atoms with van der Waals surface area (Å²) in [5, 5.41) is 4.16. The van der Waals surface area contributed by atoms with Crippen molar-refractivity contribution in [1.82, 2.24) is 19.6 Å². The van der Waals surface area contributed by atoms with Crippen LogP contribution in [0.2, 0.25) is 0 Å². The maximum Gasteiger partial charge on any atom is 0.416 e. The van der Waals surface area contributed by atoms with E-state index in [4.69, 9.17) is 0 Å². The Morgan fingerprint density at radius 2 is 1.69 bits per heavy atom. The SMILES string of the molecule is CCCn1nc(C(=O)N2CCN(Cc3ccc(C(F)(F)F)cc3)CC2)ccc1=O. The molecule has 0 aliphatic carbocycles. The Bertz CT molecular complexity index is 901. The molecule has 9 heteroatoms. The second-order valence-electron chi connectivity index (χ2n) is 7.04. The molecule has 1 aliphatic heterocycles. The van der Waals surface area contributed by atoms with Crippen molar-refractivity contribution in [1.29, 1.82) is 0 Å². The Morgan fingerprint density at radius 3 is 2.28 bits per heavy atom. The molecule has 0 bridgehead atoms. The molecule has 1 amide bonds. The summed E-state index contributed by atoms with van der Waals surface area (Å²) in [6, 6.07) is 7.96. The standard InChI is InChI=1S/C20H23F3N4O2/c1-2-9-27-18(28)8-7-17(24-27)19(29)26-12-10-25(11-13-26)14-15-3-5-16(6-4-15)20(21,22)23/h3-8H,2,9-14H2,1H3. The number of alkyl halides is 3. The van der Waals surface area contributed by atoms with Crippen LogP contribution in [-0.2, 0) is 19.3 Å². The third-order valence-corrected chi connectivity index (χ3v) is 4.87. The molecular formula is C20H23F3N4O2. The van der Waals surface area contributed by atoms with Gasteiger partial charge in [0.1, 0.15) is 5.69 Å². The maximum atomic E-state index is 12.7. The normalized spacial score (nSPS) is 15.5. The summed E-state index contributed by atoms with van der Waals surface area (Å²) in [6.45, 7) is 5.13. The maximum absolute atomic E-state index is 12.7. The van der Waals surface area contributed by atoms with Crippen LogP contribution in [0.15, 0.2) is 41.2 Å². The van der Waals surface area contributed by atoms with Crippen molar-refractivity contribution < 1.29 is 18.0 Å². The van der Waals surface area contributed by atoms with E-state index in [0.29, 0.717) is 39.3 Å². The summed E-state index contributed by atoms with van der Waals surface area (Å²) < 4.78 is 39.3. The van der Waals surface area contributed by atoms with E-state index in [1.54, 1.807) is 4.90 Å². The van der Waals surface area contributed by atoms with Gasteiger partial charge in [-0.1, -0.05) is 19.1 Å². The van der Waals surface area contributed by atoms with Gasteiger partial charge in [-0.15, -0.1) is 0 Å². The number of carbonyl (C=O) groups is 1. The molecule has 29 heavy (non-hydrogen) atoms. The Morgan fingerprint density at radius 1 is 1.03 bits per heavy atom. The van der Waals surface area contributed by atoms with Gasteiger partial charge in [0.2, 0.25) is 0 Å². The molecule has 156 valence electrons. The number of piperazine rings is 1. The molecule has 0 N–H and O–H groups in total. The van der Waals surface area contributed by atoms with Crippen LogP contribution in [0.3, 0.4) is 0 Å². The highest BCUT2D eigenvalue weighted by Crippen LogP contribution is 2.29. The number of benzene rings is 1. The second kappa shape index (κ2) is 8.77. The van der Waals surface area contributed by atoms with Gasteiger partial charge in [-0.05, 0) is 30.2 Å². The van der Waals surface area contributed by atoms with E-state index in [1.165, 1.54) is 28.9 Å². The van der Waals surface area contributed by atoms with Crippen molar-refractivity contribution in [2.75, 3.05) is 26.2 Å². The predicted molar refractivity (Wildman–Crippen MR) is 101 cm³/mol. The fraction of sp³-hybridized carbons (Fsp3) is 0.450. The van der Waals surface area contributed by atoms with E-state index in [1.807, 2.05) is 6.92 Å². The fourth-order valence-corrected chi connectivity index (χ4v) is 3.26. The van der Waals surface area contributed by atoms with Gasteiger partial charge in [0.05, 0.1) is 5.56 Å². The van der Waals surface area contributed by atoms with E-state index in [2.05, 4.69) is 10.00 Å². The summed E-state index contributed by atoms with van der Waals surface area (Å²) in [7, 11) is 0. The van der Waals surface area contributed by atoms with E-state index in [-0.39, 0.29) is 17.2 Å². The van der Waals surface area contributed by atoms with Crippen LogP contribution in [0.4, 0.5) is 13.2 Å². The van der Waals surface area contributed by atoms with Crippen molar-refractivity contribution in [2.45, 2.75) is 32.6 Å². The van der Waals surface area contributed by atoms with Crippen molar-refractivity contribution in [3.8, 4) is 0 Å². The quantitative estimate of drug-likeness (QED) is 0.763. The van der Waals surface area contributed by atoms with Gasteiger partial charge in [0.15, 0.2) is 0 Å². The highest BCUT2D eigenvalue weighted by molar-refractivity contribution is 5.92. The zero-order chi connectivity index (χ0) is 21.0. The van der Waals surface area contributed by atoms with Gasteiger partial charge in [-0.2, -0.15) is 18.3 Å². The molecule has 1 fully saturated rings. The summed E-state index contributed by atoms with van der Waals surface area (Å²) in [4.78, 5) is 28.2. The fourth-order valence-electron chi connectivity index (χ4n) is 3.26. The molecule has 2 aromatic rings. The van der Waals surface area contributed by atoms with Crippen LogP contribution in [-0.4, -0.2) is 51.7 Å². The lowest BCUT2D eigenvalue weighted by molar-refractivity contribution is -0.137. The highest BCUT2D eigenvalue weighted by Gasteiger charge is 2.30. The third-order valence-electron chi connectivity index (χ3n) is 4.87. The number of halogens is 3. The molecule has 0 radical (unpaired) electrons. The molecule has 0 spiro atoms. The number of amides is 1. The van der Waals surface area contributed by atoms with Crippen molar-refractivity contribution in [3.05, 3.63) is 63.6 Å². The minimum Gasteiger partial charge on any atom is -0.335 e. The number of carbonyl (C=O) groups excluding carboxylic acids is 1. The monoisotopic (exact) mass is 408 g/mol. The van der Waals surface area contributed by atoms with Gasteiger partial charge in [-0.3, -0.25) is 14.5 Å². The molecular weight excluding hydrogens is 385 g/mol. The molecule has 1 aliphatic rings. The van der Waals surface area contributed by atoms with Gasteiger partial charge < -0.3 is 4.90 Å². The molecule has 0 saturated carbocycles. The van der Waals surface area contributed by atoms with Crippen molar-refractivity contribution >= 4 is 5.91 Å². The lowest BCUT2D eigenvalue weighted by Gasteiger charge is -2.34. The van der Waals surface area contributed by atoms with Crippen LogP contribution in [0.1, 0.15) is 35.0 Å². The molecule has 3 rings (SSSR count). The molecule has 2 heterocycles. The lowest BCUT2D eigenvalue weighted by atomic mass is 10.1. The van der Waals surface area contributed by atoms with Crippen LogP contribution in [0, 0.1) is 0 Å². The van der Waals surface area contributed by atoms with E-state index >= 15 is 0 Å². The second-order valence-corrected chi connectivity index (χ2v) is 7.04. The minimum absolute atomic E-state index is 0.218. The van der Waals surface area contributed by atoms with Crippen LogP contribution in [0.25, 0.3) is 0 Å². The third kappa shape index (κ3) is 5.23. The Balaban J connectivity index is 1.57. The predicted octanol–water partition coefficient (Wildman–Crippen LogP) is 2.63. The number of rotatable bonds is 5. The van der Waals surface area contributed by atoms with Crippen molar-refractivity contribution in [3.63, 3.8) is 0 Å². The van der Waals surface area contributed by atoms with E-state index in [9.17, 15) is 22.8 Å². The first kappa shape index (κ1) is 21.0. The first-order valence-corrected chi connectivity index (χ1v) is 9.54. The summed E-state index contributed by atoms with van der Waals surface area (Å²) in [5.41, 5.74) is 0.152. The Hall–Kier alpha value is -2.68. The zero-order valence-corrected chi connectivity index (χ0v) is 16.2. The number of aryl methyl sites for hydroxylation is 1. The molecule has 0 atom stereocenters. The summed E-state index contributed by atoms with van der Waals surface area (Å²) >= 11 is 0. The molecule has 6 nitrogen and oxygen atoms in total. The van der Waals surface area contributed by atoms with Gasteiger partial charge in [0, 0.05) is 45.3 Å². The number of aromatic nitrogens is 2. The average Bonchev–Trinajstić information content (AvgIpc) is 2.70. The van der Waals surface area contributed by atoms with E-state index in [0.717, 1.165) is 24.1 Å². The zero-order valence-electron chi connectivity index (χ0n) is 16.2. The molecule has 0 unspecified atom stereocenters. The van der Waals surface area contributed by atoms with Crippen LogP contribution in [0.5, 0.6) is 0 Å². The van der Waals surface area contributed by atoms with Crippen LogP contribution >= 0.6 is 0 Å². The van der Waals surface area contributed by atoms with Crippen LogP contribution < -0.4 is 5.56 Å². The Kier molecular flexibility index (Phi) is 6.36. The molecule has 1 saturated heterocycles. The van der Waals surface area contributed by atoms with Gasteiger partial charge in [0.25, 0.3) is 11.5 Å². The number of nitrogens with zero attached hydrogens (tertiary/aromatic N) is 4.